The number of methoxy groups -OCH3 is 1. The van der Waals surface area contributed by atoms with Crippen LogP contribution in [0.3, 0.4) is 0 Å². The minimum atomic E-state index is -0.306. The van der Waals surface area contributed by atoms with E-state index in [1.807, 2.05) is 0 Å². The number of rotatable bonds is 4. The molecule has 2 aromatic rings. The molecule has 0 amide bonds. The number of benzene rings is 1. The van der Waals surface area contributed by atoms with E-state index < -0.39 is 0 Å². The van der Waals surface area contributed by atoms with Gasteiger partial charge in [-0.1, -0.05) is 6.07 Å². The molecule has 6 heteroatoms. The van der Waals surface area contributed by atoms with E-state index in [0.29, 0.717) is 16.8 Å². The first-order chi connectivity index (χ1) is 9.10. The first-order valence-corrected chi connectivity index (χ1v) is 6.45. The molecule has 0 aliphatic rings. The van der Waals surface area contributed by atoms with Crippen molar-refractivity contribution in [1.82, 2.24) is 9.97 Å². The third-order valence-electron chi connectivity index (χ3n) is 2.71. The van der Waals surface area contributed by atoms with E-state index in [4.69, 9.17) is 10.5 Å². The predicted molar refractivity (Wildman–Crippen MR) is 73.3 cm³/mol. The zero-order valence-corrected chi connectivity index (χ0v) is 11.9. The van der Waals surface area contributed by atoms with Crippen molar-refractivity contribution in [2.45, 2.75) is 12.5 Å². The van der Waals surface area contributed by atoms with Gasteiger partial charge < -0.3 is 10.5 Å². The SMILES string of the molecule is COc1cc(CC(N)c2ccc(F)c(Br)c2)ncn1. The third kappa shape index (κ3) is 3.48. The zero-order chi connectivity index (χ0) is 13.8. The Bertz CT molecular complexity index is 580. The van der Waals surface area contributed by atoms with Crippen LogP contribution in [0.1, 0.15) is 17.3 Å². The van der Waals surface area contributed by atoms with Crippen LogP contribution in [0.2, 0.25) is 0 Å². The van der Waals surface area contributed by atoms with Gasteiger partial charge in [-0.15, -0.1) is 0 Å². The highest BCUT2D eigenvalue weighted by atomic mass is 79.9. The summed E-state index contributed by atoms with van der Waals surface area (Å²) < 4.78 is 18.6. The molecule has 0 radical (unpaired) electrons. The minimum absolute atomic E-state index is 0.267. The van der Waals surface area contributed by atoms with Crippen LogP contribution in [0.5, 0.6) is 5.88 Å². The molecule has 4 nitrogen and oxygen atoms in total. The van der Waals surface area contributed by atoms with Gasteiger partial charge in [0.15, 0.2) is 0 Å². The summed E-state index contributed by atoms with van der Waals surface area (Å²) in [7, 11) is 1.54. The van der Waals surface area contributed by atoms with Crippen molar-refractivity contribution in [3.8, 4) is 5.88 Å². The maximum Gasteiger partial charge on any atom is 0.216 e. The molecule has 0 aliphatic heterocycles. The maximum atomic E-state index is 13.2. The summed E-state index contributed by atoms with van der Waals surface area (Å²) in [6.45, 7) is 0. The quantitative estimate of drug-likeness (QED) is 0.938. The molecule has 2 rings (SSSR count). The largest absolute Gasteiger partial charge is 0.481 e. The van der Waals surface area contributed by atoms with Gasteiger partial charge in [-0.25, -0.2) is 14.4 Å². The van der Waals surface area contributed by atoms with E-state index in [0.717, 1.165) is 11.3 Å². The van der Waals surface area contributed by atoms with Crippen molar-refractivity contribution in [2.75, 3.05) is 7.11 Å². The second kappa shape index (κ2) is 6.08. The van der Waals surface area contributed by atoms with Gasteiger partial charge in [0.2, 0.25) is 5.88 Å². The normalized spacial score (nSPS) is 12.2. The Morgan fingerprint density at radius 3 is 2.84 bits per heavy atom. The van der Waals surface area contributed by atoms with Crippen LogP contribution in [-0.2, 0) is 6.42 Å². The van der Waals surface area contributed by atoms with Crippen molar-refractivity contribution in [2.24, 2.45) is 5.73 Å². The van der Waals surface area contributed by atoms with Crippen molar-refractivity contribution >= 4 is 15.9 Å². The average Bonchev–Trinajstić information content (AvgIpc) is 2.42. The van der Waals surface area contributed by atoms with Gasteiger partial charge in [0, 0.05) is 24.2 Å². The number of nitrogens with zero attached hydrogens (tertiary/aromatic N) is 2. The van der Waals surface area contributed by atoms with E-state index in [1.54, 1.807) is 25.3 Å². The summed E-state index contributed by atoms with van der Waals surface area (Å²) in [5.41, 5.74) is 7.71. The summed E-state index contributed by atoms with van der Waals surface area (Å²) in [5, 5.41) is 0. The van der Waals surface area contributed by atoms with Crippen LogP contribution < -0.4 is 10.5 Å². The molecule has 2 N–H and O–H groups in total. The Morgan fingerprint density at radius 2 is 2.16 bits per heavy atom. The third-order valence-corrected chi connectivity index (χ3v) is 3.32. The molecule has 1 aromatic heterocycles. The molecule has 1 heterocycles. The standard InChI is InChI=1S/C13H13BrFN3O/c1-19-13-6-9(17-7-18-13)5-12(16)8-2-3-11(15)10(14)4-8/h2-4,6-7,12H,5,16H2,1H3. The van der Waals surface area contributed by atoms with Crippen LogP contribution in [0, 0.1) is 5.82 Å². The van der Waals surface area contributed by atoms with Gasteiger partial charge in [0.05, 0.1) is 11.6 Å². The Hall–Kier alpha value is -1.53. The van der Waals surface area contributed by atoms with Gasteiger partial charge in [0.25, 0.3) is 0 Å². The maximum absolute atomic E-state index is 13.2. The highest BCUT2D eigenvalue weighted by Crippen LogP contribution is 2.22. The second-order valence-corrected chi connectivity index (χ2v) is 4.89. The van der Waals surface area contributed by atoms with Crippen LogP contribution in [0.25, 0.3) is 0 Å². The monoisotopic (exact) mass is 325 g/mol. The van der Waals surface area contributed by atoms with E-state index in [2.05, 4.69) is 25.9 Å². The molecule has 1 atom stereocenters. The number of hydrogen-bond acceptors (Lipinski definition) is 4. The molecule has 19 heavy (non-hydrogen) atoms. The smallest absolute Gasteiger partial charge is 0.216 e. The van der Waals surface area contributed by atoms with Gasteiger partial charge >= 0.3 is 0 Å². The van der Waals surface area contributed by atoms with E-state index >= 15 is 0 Å². The zero-order valence-electron chi connectivity index (χ0n) is 10.3. The molecule has 0 bridgehead atoms. The van der Waals surface area contributed by atoms with Crippen LogP contribution in [0.15, 0.2) is 35.1 Å². The highest BCUT2D eigenvalue weighted by Gasteiger charge is 2.11. The van der Waals surface area contributed by atoms with Gasteiger partial charge in [-0.3, -0.25) is 0 Å². The number of nitrogens with two attached hydrogens (primary N) is 1. The van der Waals surface area contributed by atoms with Crippen LogP contribution in [-0.4, -0.2) is 17.1 Å². The Kier molecular flexibility index (Phi) is 4.44. The summed E-state index contributed by atoms with van der Waals surface area (Å²) in [5.74, 6) is 0.192. The first-order valence-electron chi connectivity index (χ1n) is 5.65. The number of halogens is 2. The topological polar surface area (TPSA) is 61.0 Å². The number of hydrogen-bond donors (Lipinski definition) is 1. The number of ether oxygens (including phenoxy) is 1. The molecule has 100 valence electrons. The number of aromatic nitrogens is 2. The van der Waals surface area contributed by atoms with E-state index in [9.17, 15) is 4.39 Å². The van der Waals surface area contributed by atoms with Crippen molar-refractivity contribution in [1.29, 1.82) is 0 Å². The molecule has 0 aliphatic carbocycles. The fourth-order valence-electron chi connectivity index (χ4n) is 1.69. The minimum Gasteiger partial charge on any atom is -0.481 e. The Balaban J connectivity index is 2.15. The molecule has 0 saturated heterocycles. The second-order valence-electron chi connectivity index (χ2n) is 4.04. The Labute approximate surface area is 119 Å². The lowest BCUT2D eigenvalue weighted by atomic mass is 10.0. The summed E-state index contributed by atoms with van der Waals surface area (Å²) in [6, 6.07) is 6.20. The van der Waals surface area contributed by atoms with Crippen molar-refractivity contribution < 1.29 is 9.13 Å². The van der Waals surface area contributed by atoms with Gasteiger partial charge in [-0.2, -0.15) is 0 Å². The lowest BCUT2D eigenvalue weighted by molar-refractivity contribution is 0.395. The molecule has 1 unspecified atom stereocenters. The van der Waals surface area contributed by atoms with Crippen LogP contribution >= 0.6 is 15.9 Å². The van der Waals surface area contributed by atoms with Crippen molar-refractivity contribution in [3.63, 3.8) is 0 Å². The highest BCUT2D eigenvalue weighted by molar-refractivity contribution is 9.10. The molecular formula is C13H13BrFN3O. The van der Waals surface area contributed by atoms with Crippen LogP contribution in [0.4, 0.5) is 4.39 Å². The fraction of sp³-hybridized carbons (Fsp3) is 0.231. The van der Waals surface area contributed by atoms with E-state index in [1.165, 1.54) is 12.4 Å². The Morgan fingerprint density at radius 1 is 1.37 bits per heavy atom. The fourth-order valence-corrected chi connectivity index (χ4v) is 2.08. The summed E-state index contributed by atoms with van der Waals surface area (Å²) in [4.78, 5) is 8.07. The first kappa shape index (κ1) is 13.9. The van der Waals surface area contributed by atoms with Gasteiger partial charge in [-0.05, 0) is 33.6 Å². The molecule has 0 spiro atoms. The molecule has 1 aromatic carbocycles. The molecule has 0 saturated carbocycles. The summed E-state index contributed by atoms with van der Waals surface area (Å²) >= 11 is 3.15. The van der Waals surface area contributed by atoms with Crippen molar-refractivity contribution in [3.05, 3.63) is 52.1 Å². The van der Waals surface area contributed by atoms with Gasteiger partial charge in [0.1, 0.15) is 12.1 Å². The summed E-state index contributed by atoms with van der Waals surface area (Å²) in [6.07, 6.45) is 1.96. The lowest BCUT2D eigenvalue weighted by Gasteiger charge is -2.12. The molecular weight excluding hydrogens is 313 g/mol. The average molecular weight is 326 g/mol. The lowest BCUT2D eigenvalue weighted by Crippen LogP contribution is -2.14. The predicted octanol–water partition coefficient (Wildman–Crippen LogP) is 2.63. The van der Waals surface area contributed by atoms with E-state index in [-0.39, 0.29) is 11.9 Å². The molecule has 0 fully saturated rings.